The van der Waals surface area contributed by atoms with Gasteiger partial charge in [0.05, 0.1) is 19.1 Å². The van der Waals surface area contributed by atoms with E-state index in [-0.39, 0.29) is 6.03 Å². The highest BCUT2D eigenvalue weighted by atomic mass is 16.5. The molecule has 5 aromatic rings. The van der Waals surface area contributed by atoms with Gasteiger partial charge in [-0.3, -0.25) is 0 Å². The SMILES string of the molecule is COc1ccc(C)cc1NC(=O)Nc1ccc(Cn2cnc(-c3nc(-c4ccc(C)cc4)no3)c2)cc1. The number of amides is 2. The van der Waals surface area contributed by atoms with E-state index in [2.05, 4.69) is 25.8 Å². The minimum Gasteiger partial charge on any atom is -0.495 e. The monoisotopic (exact) mass is 494 g/mol. The van der Waals surface area contributed by atoms with Gasteiger partial charge in [0.15, 0.2) is 0 Å². The lowest BCUT2D eigenvalue weighted by Gasteiger charge is -2.12. The summed E-state index contributed by atoms with van der Waals surface area (Å²) in [6.45, 7) is 4.58. The van der Waals surface area contributed by atoms with Crippen molar-refractivity contribution in [2.45, 2.75) is 20.4 Å². The Bertz CT molecular complexity index is 1520. The molecule has 0 aliphatic carbocycles. The van der Waals surface area contributed by atoms with E-state index in [0.29, 0.717) is 41.1 Å². The van der Waals surface area contributed by atoms with E-state index in [9.17, 15) is 4.79 Å². The van der Waals surface area contributed by atoms with Crippen LogP contribution in [0, 0.1) is 13.8 Å². The van der Waals surface area contributed by atoms with Gasteiger partial charge in [-0.25, -0.2) is 9.78 Å². The van der Waals surface area contributed by atoms with Crippen LogP contribution in [0.4, 0.5) is 16.2 Å². The van der Waals surface area contributed by atoms with Crippen molar-refractivity contribution in [2.75, 3.05) is 17.7 Å². The van der Waals surface area contributed by atoms with Gasteiger partial charge in [0, 0.05) is 24.0 Å². The van der Waals surface area contributed by atoms with Gasteiger partial charge in [-0.15, -0.1) is 0 Å². The van der Waals surface area contributed by atoms with E-state index in [0.717, 1.165) is 16.7 Å². The first-order valence-electron chi connectivity index (χ1n) is 11.7. The van der Waals surface area contributed by atoms with E-state index < -0.39 is 0 Å². The van der Waals surface area contributed by atoms with Crippen LogP contribution in [0.3, 0.4) is 0 Å². The van der Waals surface area contributed by atoms with Crippen LogP contribution in [-0.4, -0.2) is 32.8 Å². The minimum atomic E-state index is -0.347. The van der Waals surface area contributed by atoms with Gasteiger partial charge in [-0.2, -0.15) is 4.98 Å². The summed E-state index contributed by atoms with van der Waals surface area (Å²) in [5, 5.41) is 9.75. The third-order valence-electron chi connectivity index (χ3n) is 5.77. The number of hydrogen-bond acceptors (Lipinski definition) is 6. The molecule has 2 heterocycles. The lowest BCUT2D eigenvalue weighted by atomic mass is 10.1. The fraction of sp³-hybridized carbons (Fsp3) is 0.143. The summed E-state index contributed by atoms with van der Waals surface area (Å²) in [6, 6.07) is 20.8. The topological polar surface area (TPSA) is 107 Å². The summed E-state index contributed by atoms with van der Waals surface area (Å²) in [7, 11) is 1.57. The number of urea groups is 1. The van der Waals surface area contributed by atoms with Gasteiger partial charge < -0.3 is 24.5 Å². The van der Waals surface area contributed by atoms with Gasteiger partial charge >= 0.3 is 6.03 Å². The smallest absolute Gasteiger partial charge is 0.323 e. The van der Waals surface area contributed by atoms with Crippen molar-refractivity contribution in [3.63, 3.8) is 0 Å². The number of aromatic nitrogens is 4. The molecule has 0 saturated heterocycles. The van der Waals surface area contributed by atoms with Gasteiger partial charge in [0.2, 0.25) is 5.82 Å². The zero-order valence-electron chi connectivity index (χ0n) is 20.7. The largest absolute Gasteiger partial charge is 0.495 e. The molecule has 0 aliphatic rings. The van der Waals surface area contributed by atoms with Crippen LogP contribution >= 0.6 is 0 Å². The van der Waals surface area contributed by atoms with Gasteiger partial charge in [0.1, 0.15) is 11.4 Å². The number of methoxy groups -OCH3 is 1. The average molecular weight is 495 g/mol. The molecule has 186 valence electrons. The zero-order valence-corrected chi connectivity index (χ0v) is 20.7. The molecular weight excluding hydrogens is 468 g/mol. The maximum atomic E-state index is 12.5. The van der Waals surface area contributed by atoms with Crippen molar-refractivity contribution in [1.29, 1.82) is 0 Å². The molecule has 0 fully saturated rings. The summed E-state index contributed by atoms with van der Waals surface area (Å²) in [6.07, 6.45) is 3.58. The molecule has 2 aromatic heterocycles. The number of carbonyl (C=O) groups is 1. The lowest BCUT2D eigenvalue weighted by Crippen LogP contribution is -2.19. The number of imidazole rings is 1. The molecule has 2 amide bonds. The maximum Gasteiger partial charge on any atom is 0.323 e. The van der Waals surface area contributed by atoms with E-state index in [1.165, 1.54) is 5.56 Å². The summed E-state index contributed by atoms with van der Waals surface area (Å²) in [5.74, 6) is 1.49. The second-order valence-corrected chi connectivity index (χ2v) is 8.70. The van der Waals surface area contributed by atoms with Crippen molar-refractivity contribution in [1.82, 2.24) is 19.7 Å². The normalized spacial score (nSPS) is 10.8. The standard InChI is InChI=1S/C28H26N6O3/c1-18-4-9-21(10-5-18)26-32-27(37-33-26)24-16-34(17-29-24)15-20-7-11-22(12-8-20)30-28(35)31-23-14-19(2)6-13-25(23)36-3/h4-14,16-17H,15H2,1-3H3,(H2,30,31,35). The number of ether oxygens (including phenoxy) is 1. The molecule has 0 bridgehead atoms. The molecule has 9 heteroatoms. The van der Waals surface area contributed by atoms with Crippen LogP contribution in [0.2, 0.25) is 0 Å². The number of aryl methyl sites for hydroxylation is 2. The predicted molar refractivity (Wildman–Crippen MR) is 142 cm³/mol. The summed E-state index contributed by atoms with van der Waals surface area (Å²) in [5.41, 5.74) is 6.01. The van der Waals surface area contributed by atoms with E-state index in [1.54, 1.807) is 13.4 Å². The molecule has 0 unspecified atom stereocenters. The second kappa shape index (κ2) is 10.4. The summed E-state index contributed by atoms with van der Waals surface area (Å²) < 4.78 is 12.7. The maximum absolute atomic E-state index is 12.5. The van der Waals surface area contributed by atoms with Crippen LogP contribution in [0.15, 0.2) is 83.8 Å². The Morgan fingerprint density at radius 2 is 1.73 bits per heavy atom. The van der Waals surface area contributed by atoms with Crippen LogP contribution in [-0.2, 0) is 6.54 Å². The molecule has 2 N–H and O–H groups in total. The Morgan fingerprint density at radius 3 is 2.49 bits per heavy atom. The number of carbonyl (C=O) groups excluding carboxylic acids is 1. The van der Waals surface area contributed by atoms with Gasteiger partial charge in [0.25, 0.3) is 5.89 Å². The Balaban J connectivity index is 1.20. The Hall–Kier alpha value is -4.92. The fourth-order valence-electron chi connectivity index (χ4n) is 3.81. The number of nitrogens with zero attached hydrogens (tertiary/aromatic N) is 4. The van der Waals surface area contributed by atoms with Crippen molar-refractivity contribution < 1.29 is 14.1 Å². The Kier molecular flexibility index (Phi) is 6.67. The number of benzene rings is 3. The van der Waals surface area contributed by atoms with E-state index >= 15 is 0 Å². The average Bonchev–Trinajstić information content (AvgIpc) is 3.56. The third-order valence-corrected chi connectivity index (χ3v) is 5.77. The number of hydrogen-bond donors (Lipinski definition) is 2. The minimum absolute atomic E-state index is 0.347. The zero-order chi connectivity index (χ0) is 25.8. The molecule has 0 radical (unpaired) electrons. The number of nitrogens with one attached hydrogen (secondary N) is 2. The van der Waals surface area contributed by atoms with Crippen molar-refractivity contribution in [3.8, 4) is 28.7 Å². The van der Waals surface area contributed by atoms with E-state index in [1.807, 2.05) is 91.3 Å². The first kappa shape index (κ1) is 23.8. The molecule has 0 spiro atoms. The lowest BCUT2D eigenvalue weighted by molar-refractivity contribution is 0.262. The van der Waals surface area contributed by atoms with Crippen molar-refractivity contribution >= 4 is 17.4 Å². The number of anilines is 2. The second-order valence-electron chi connectivity index (χ2n) is 8.70. The molecule has 9 nitrogen and oxygen atoms in total. The van der Waals surface area contributed by atoms with Crippen LogP contribution in [0.25, 0.3) is 23.0 Å². The highest BCUT2D eigenvalue weighted by Crippen LogP contribution is 2.25. The number of rotatable bonds is 7. The molecule has 0 aliphatic heterocycles. The van der Waals surface area contributed by atoms with Crippen LogP contribution < -0.4 is 15.4 Å². The van der Waals surface area contributed by atoms with Crippen LogP contribution in [0.1, 0.15) is 16.7 Å². The molecule has 5 rings (SSSR count). The van der Waals surface area contributed by atoms with Crippen molar-refractivity contribution in [3.05, 3.63) is 95.9 Å². The fourth-order valence-corrected chi connectivity index (χ4v) is 3.81. The van der Waals surface area contributed by atoms with Gasteiger partial charge in [-0.05, 0) is 49.2 Å². The summed E-state index contributed by atoms with van der Waals surface area (Å²) >= 11 is 0. The third kappa shape index (κ3) is 5.67. The molecule has 3 aromatic carbocycles. The molecule has 0 saturated carbocycles. The molecule has 37 heavy (non-hydrogen) atoms. The predicted octanol–water partition coefficient (Wildman–Crippen LogP) is 5.92. The van der Waals surface area contributed by atoms with Crippen LogP contribution in [0.5, 0.6) is 5.75 Å². The first-order valence-corrected chi connectivity index (χ1v) is 11.7. The highest BCUT2D eigenvalue weighted by Gasteiger charge is 2.13. The summed E-state index contributed by atoms with van der Waals surface area (Å²) in [4.78, 5) is 21.4. The molecule has 0 atom stereocenters. The quantitative estimate of drug-likeness (QED) is 0.291. The molecular formula is C28H26N6O3. The first-order chi connectivity index (χ1) is 18.0. The van der Waals surface area contributed by atoms with Crippen molar-refractivity contribution in [2.24, 2.45) is 0 Å². The Morgan fingerprint density at radius 1 is 0.973 bits per heavy atom. The Labute approximate surface area is 214 Å². The van der Waals surface area contributed by atoms with E-state index in [4.69, 9.17) is 9.26 Å². The van der Waals surface area contributed by atoms with Gasteiger partial charge in [-0.1, -0.05) is 53.2 Å². The highest BCUT2D eigenvalue weighted by molar-refractivity contribution is 6.00.